The van der Waals surface area contributed by atoms with Crippen LogP contribution >= 0.6 is 0 Å². The number of aromatic nitrogens is 1. The van der Waals surface area contributed by atoms with Crippen molar-refractivity contribution in [2.24, 2.45) is 0 Å². The molecule has 0 aliphatic heterocycles. The first-order valence-electron chi connectivity index (χ1n) is 10.1. The summed E-state index contributed by atoms with van der Waals surface area (Å²) in [6.45, 7) is 3.72. The standard InChI is InChI=1S/C24H26FN3O2/c1-3-4-5-7-17-8-6-9-20(15-17)30-19-12-10-18(11-13-19)27-24(29)21-14-16(2)22(25)28-23(21)26/h6,8-15H,3-5,7H2,1-2H3,(H2,26,28)(H,27,29). The van der Waals surface area contributed by atoms with Crippen LogP contribution in [0, 0.1) is 12.9 Å². The Hall–Kier alpha value is -3.41. The maximum Gasteiger partial charge on any atom is 0.259 e. The quantitative estimate of drug-likeness (QED) is 0.361. The highest BCUT2D eigenvalue weighted by molar-refractivity contribution is 6.07. The molecule has 1 heterocycles. The Labute approximate surface area is 176 Å². The van der Waals surface area contributed by atoms with E-state index in [4.69, 9.17) is 10.5 Å². The monoisotopic (exact) mass is 407 g/mol. The molecule has 156 valence electrons. The smallest absolute Gasteiger partial charge is 0.259 e. The second-order valence-electron chi connectivity index (χ2n) is 7.21. The molecule has 3 aromatic rings. The number of nitrogens with two attached hydrogens (primary N) is 1. The molecule has 0 radical (unpaired) electrons. The average molecular weight is 407 g/mol. The number of benzene rings is 2. The van der Waals surface area contributed by atoms with E-state index in [2.05, 4.69) is 29.4 Å². The van der Waals surface area contributed by atoms with Gasteiger partial charge in [0.15, 0.2) is 0 Å². The highest BCUT2D eigenvalue weighted by atomic mass is 19.1. The maximum atomic E-state index is 13.4. The van der Waals surface area contributed by atoms with Crippen molar-refractivity contribution >= 4 is 17.4 Å². The van der Waals surface area contributed by atoms with Crippen molar-refractivity contribution in [1.82, 2.24) is 4.98 Å². The number of hydrogen-bond acceptors (Lipinski definition) is 4. The molecular formula is C24H26FN3O2. The van der Waals surface area contributed by atoms with Crippen LogP contribution in [-0.2, 0) is 6.42 Å². The Kier molecular flexibility index (Phi) is 7.01. The van der Waals surface area contributed by atoms with Gasteiger partial charge in [-0.2, -0.15) is 4.39 Å². The van der Waals surface area contributed by atoms with Crippen LogP contribution in [-0.4, -0.2) is 10.9 Å². The molecule has 0 aliphatic carbocycles. The van der Waals surface area contributed by atoms with E-state index in [1.807, 2.05) is 12.1 Å². The zero-order valence-corrected chi connectivity index (χ0v) is 17.2. The molecule has 5 nitrogen and oxygen atoms in total. The minimum absolute atomic E-state index is 0.133. The summed E-state index contributed by atoms with van der Waals surface area (Å²) in [7, 11) is 0. The fourth-order valence-corrected chi connectivity index (χ4v) is 3.07. The van der Waals surface area contributed by atoms with Crippen LogP contribution in [0.25, 0.3) is 0 Å². The van der Waals surface area contributed by atoms with Crippen molar-refractivity contribution in [2.75, 3.05) is 11.1 Å². The van der Waals surface area contributed by atoms with E-state index in [0.29, 0.717) is 11.4 Å². The number of rotatable bonds is 8. The number of hydrogen-bond donors (Lipinski definition) is 2. The molecule has 3 N–H and O–H groups in total. The van der Waals surface area contributed by atoms with Crippen LogP contribution in [0.15, 0.2) is 54.6 Å². The predicted molar refractivity (Wildman–Crippen MR) is 117 cm³/mol. The molecule has 0 saturated heterocycles. The zero-order valence-electron chi connectivity index (χ0n) is 17.2. The number of amides is 1. The van der Waals surface area contributed by atoms with E-state index >= 15 is 0 Å². The summed E-state index contributed by atoms with van der Waals surface area (Å²) >= 11 is 0. The molecule has 0 aliphatic rings. The molecule has 0 fully saturated rings. The summed E-state index contributed by atoms with van der Waals surface area (Å²) in [6, 6.07) is 16.5. The van der Waals surface area contributed by atoms with E-state index in [1.54, 1.807) is 24.3 Å². The van der Waals surface area contributed by atoms with Gasteiger partial charge in [-0.1, -0.05) is 31.9 Å². The van der Waals surface area contributed by atoms with Crippen molar-refractivity contribution in [1.29, 1.82) is 0 Å². The molecule has 0 unspecified atom stereocenters. The second kappa shape index (κ2) is 9.87. The number of ether oxygens (including phenoxy) is 1. The molecule has 0 saturated carbocycles. The Morgan fingerprint density at radius 3 is 2.60 bits per heavy atom. The predicted octanol–water partition coefficient (Wildman–Crippen LogP) is 5.89. The van der Waals surface area contributed by atoms with Crippen molar-refractivity contribution in [3.05, 3.63) is 77.2 Å². The normalized spacial score (nSPS) is 10.6. The maximum absolute atomic E-state index is 13.4. The Morgan fingerprint density at radius 1 is 1.10 bits per heavy atom. The molecular weight excluding hydrogens is 381 g/mol. The van der Waals surface area contributed by atoms with Crippen LogP contribution in [0.3, 0.4) is 0 Å². The Morgan fingerprint density at radius 2 is 1.87 bits per heavy atom. The minimum atomic E-state index is -0.681. The number of aryl methyl sites for hydroxylation is 2. The van der Waals surface area contributed by atoms with Crippen LogP contribution in [0.1, 0.15) is 47.7 Å². The van der Waals surface area contributed by atoms with Gasteiger partial charge in [0.25, 0.3) is 5.91 Å². The number of unbranched alkanes of at least 4 members (excludes halogenated alkanes) is 2. The van der Waals surface area contributed by atoms with Crippen LogP contribution in [0.2, 0.25) is 0 Å². The van der Waals surface area contributed by atoms with Gasteiger partial charge < -0.3 is 15.8 Å². The third-order valence-corrected chi connectivity index (χ3v) is 4.74. The fourth-order valence-electron chi connectivity index (χ4n) is 3.07. The summed E-state index contributed by atoms with van der Waals surface area (Å²) in [5, 5.41) is 2.74. The lowest BCUT2D eigenvalue weighted by Crippen LogP contribution is -2.16. The van der Waals surface area contributed by atoms with Crippen molar-refractivity contribution < 1.29 is 13.9 Å². The van der Waals surface area contributed by atoms with Gasteiger partial charge in [-0.15, -0.1) is 0 Å². The molecule has 2 aromatic carbocycles. The largest absolute Gasteiger partial charge is 0.457 e. The number of nitrogens with one attached hydrogen (secondary N) is 1. The second-order valence-corrected chi connectivity index (χ2v) is 7.21. The number of nitrogen functional groups attached to an aromatic ring is 1. The first-order valence-corrected chi connectivity index (χ1v) is 10.1. The van der Waals surface area contributed by atoms with Crippen LogP contribution in [0.5, 0.6) is 11.5 Å². The van der Waals surface area contributed by atoms with Crippen molar-refractivity contribution in [2.45, 2.75) is 39.5 Å². The molecule has 0 atom stereocenters. The van der Waals surface area contributed by atoms with Gasteiger partial charge in [-0.05, 0) is 67.8 Å². The highest BCUT2D eigenvalue weighted by Gasteiger charge is 2.14. The Balaban J connectivity index is 1.63. The molecule has 0 bridgehead atoms. The van der Waals surface area contributed by atoms with Crippen molar-refractivity contribution in [3.63, 3.8) is 0 Å². The number of carbonyl (C=O) groups is 1. The molecule has 30 heavy (non-hydrogen) atoms. The van der Waals surface area contributed by atoms with Crippen LogP contribution < -0.4 is 15.8 Å². The lowest BCUT2D eigenvalue weighted by molar-refractivity contribution is 0.102. The third-order valence-electron chi connectivity index (χ3n) is 4.74. The lowest BCUT2D eigenvalue weighted by atomic mass is 10.1. The lowest BCUT2D eigenvalue weighted by Gasteiger charge is -2.10. The summed E-state index contributed by atoms with van der Waals surface area (Å²) in [6.07, 6.45) is 4.62. The van der Waals surface area contributed by atoms with E-state index in [0.717, 1.165) is 12.2 Å². The van der Waals surface area contributed by atoms with E-state index < -0.39 is 11.9 Å². The first-order chi connectivity index (χ1) is 14.5. The first kappa shape index (κ1) is 21.3. The minimum Gasteiger partial charge on any atom is -0.457 e. The summed E-state index contributed by atoms with van der Waals surface area (Å²) in [5.74, 6) is 0.171. The molecule has 0 spiro atoms. The van der Waals surface area contributed by atoms with Gasteiger partial charge in [-0.3, -0.25) is 4.79 Å². The fraction of sp³-hybridized carbons (Fsp3) is 0.250. The summed E-state index contributed by atoms with van der Waals surface area (Å²) in [5.41, 5.74) is 7.89. The number of pyridine rings is 1. The van der Waals surface area contributed by atoms with Crippen LogP contribution in [0.4, 0.5) is 15.9 Å². The topological polar surface area (TPSA) is 77.2 Å². The van der Waals surface area contributed by atoms with E-state index in [-0.39, 0.29) is 16.9 Å². The third kappa shape index (κ3) is 5.56. The number of nitrogens with zero attached hydrogens (tertiary/aromatic N) is 1. The summed E-state index contributed by atoms with van der Waals surface area (Å²) < 4.78 is 19.4. The van der Waals surface area contributed by atoms with Gasteiger partial charge >= 0.3 is 0 Å². The molecule has 1 amide bonds. The number of anilines is 2. The number of carbonyl (C=O) groups excluding carboxylic acids is 1. The molecule has 6 heteroatoms. The van der Waals surface area contributed by atoms with Gasteiger partial charge in [0, 0.05) is 11.3 Å². The van der Waals surface area contributed by atoms with Gasteiger partial charge in [0.2, 0.25) is 5.95 Å². The van der Waals surface area contributed by atoms with Gasteiger partial charge in [0.1, 0.15) is 17.3 Å². The Bertz CT molecular complexity index is 1020. The van der Waals surface area contributed by atoms with E-state index in [1.165, 1.54) is 37.8 Å². The van der Waals surface area contributed by atoms with Crippen molar-refractivity contribution in [3.8, 4) is 11.5 Å². The van der Waals surface area contributed by atoms with E-state index in [9.17, 15) is 9.18 Å². The zero-order chi connectivity index (χ0) is 21.5. The van der Waals surface area contributed by atoms with Gasteiger partial charge in [-0.25, -0.2) is 4.98 Å². The number of halogens is 1. The SMILES string of the molecule is CCCCCc1cccc(Oc2ccc(NC(=O)c3cc(C)c(F)nc3N)cc2)c1. The van der Waals surface area contributed by atoms with Gasteiger partial charge in [0.05, 0.1) is 5.56 Å². The molecule has 1 aromatic heterocycles. The average Bonchev–Trinajstić information content (AvgIpc) is 2.72. The summed E-state index contributed by atoms with van der Waals surface area (Å²) in [4.78, 5) is 16.0. The molecule has 3 rings (SSSR count). The highest BCUT2D eigenvalue weighted by Crippen LogP contribution is 2.25.